The Morgan fingerprint density at radius 3 is 1.72 bits per heavy atom. The summed E-state index contributed by atoms with van der Waals surface area (Å²) in [4.78, 5) is 15.4. The van der Waals surface area contributed by atoms with Crippen molar-refractivity contribution in [1.82, 2.24) is 19.5 Å². The highest BCUT2D eigenvalue weighted by atomic mass is 32.1. The molecule has 12 rings (SSSR count). The lowest BCUT2D eigenvalue weighted by Crippen LogP contribution is -2.02. The van der Waals surface area contributed by atoms with Gasteiger partial charge in [-0.3, -0.25) is 0 Å². The molecule has 0 saturated heterocycles. The number of fused-ring (bicyclic) bond motifs is 9. The van der Waals surface area contributed by atoms with Crippen LogP contribution >= 0.6 is 22.7 Å². The van der Waals surface area contributed by atoms with Crippen molar-refractivity contribution in [2.24, 2.45) is 0 Å². The molecule has 0 radical (unpaired) electrons. The molecule has 0 fully saturated rings. The zero-order valence-corrected chi connectivity index (χ0v) is 31.6. The molecule has 0 amide bonds. The van der Waals surface area contributed by atoms with Gasteiger partial charge in [0, 0.05) is 78.9 Å². The van der Waals surface area contributed by atoms with Crippen molar-refractivity contribution in [3.63, 3.8) is 0 Å². The molecule has 0 aliphatic heterocycles. The minimum atomic E-state index is -0.162. The van der Waals surface area contributed by atoms with Crippen LogP contribution < -0.4 is 0 Å². The van der Waals surface area contributed by atoms with Crippen LogP contribution in [0.25, 0.3) is 113 Å². The number of thiophene rings is 2. The zero-order valence-electron chi connectivity index (χ0n) is 36.0. The maximum Gasteiger partial charge on any atom is 0.164 e. The summed E-state index contributed by atoms with van der Waals surface area (Å²) in [6.45, 7) is 0. The maximum atomic E-state index is 9.25. The van der Waals surface area contributed by atoms with Gasteiger partial charge in [-0.1, -0.05) is 133 Å². The molecule has 0 unspecified atom stereocenters. The molecule has 0 bridgehead atoms. The average molecular weight is 769 g/mol. The SMILES string of the molecule is [2H]c1cc([2H])c2c(c1[2H])c1c([2H])c([2H])cc([2H])c1n2-c1ccc(-c2nc(-c3ccccc3)nc(-c3ccc4c(c3)sc3ccccc34)n2)cc1-c1cccc2c1sc1ccccc12. The van der Waals surface area contributed by atoms with Crippen LogP contribution in [0.1, 0.15) is 8.22 Å². The Morgan fingerprint density at radius 1 is 0.404 bits per heavy atom. The predicted molar refractivity (Wildman–Crippen MR) is 242 cm³/mol. The van der Waals surface area contributed by atoms with E-state index in [4.69, 9.17) is 20.4 Å². The van der Waals surface area contributed by atoms with E-state index in [1.807, 2.05) is 66.7 Å². The van der Waals surface area contributed by atoms with E-state index >= 15 is 0 Å². The Bertz CT molecular complexity index is 3820. The van der Waals surface area contributed by atoms with Gasteiger partial charge in [-0.15, -0.1) is 22.7 Å². The summed E-state index contributed by atoms with van der Waals surface area (Å²) in [6.07, 6.45) is 0. The molecule has 0 atom stereocenters. The summed E-state index contributed by atoms with van der Waals surface area (Å²) < 4.78 is 60.1. The van der Waals surface area contributed by atoms with Crippen LogP contribution in [-0.4, -0.2) is 19.5 Å². The largest absolute Gasteiger partial charge is 0.309 e. The van der Waals surface area contributed by atoms with E-state index in [1.165, 1.54) is 27.6 Å². The van der Waals surface area contributed by atoms with Gasteiger partial charge in [0.2, 0.25) is 0 Å². The van der Waals surface area contributed by atoms with Crippen molar-refractivity contribution in [2.45, 2.75) is 0 Å². The van der Waals surface area contributed by atoms with E-state index in [0.717, 1.165) is 47.1 Å². The zero-order chi connectivity index (χ0) is 42.7. The van der Waals surface area contributed by atoms with E-state index in [0.29, 0.717) is 39.8 Å². The highest BCUT2D eigenvalue weighted by Crippen LogP contribution is 2.44. The van der Waals surface area contributed by atoms with Gasteiger partial charge in [-0.2, -0.15) is 0 Å². The Morgan fingerprint density at radius 2 is 0.982 bits per heavy atom. The van der Waals surface area contributed by atoms with Crippen molar-refractivity contribution in [3.05, 3.63) is 182 Å². The molecule has 12 aromatic rings. The minimum absolute atomic E-state index is 0.0205. The van der Waals surface area contributed by atoms with Crippen molar-refractivity contribution >= 4 is 84.8 Å². The van der Waals surface area contributed by atoms with Crippen molar-refractivity contribution in [3.8, 4) is 51.0 Å². The third kappa shape index (κ3) is 5.15. The second-order valence-electron chi connectivity index (χ2n) is 13.9. The Labute approximate surface area is 344 Å². The molecule has 6 heteroatoms. The monoisotopic (exact) mass is 768 g/mol. The molecule has 4 heterocycles. The molecule has 0 aliphatic rings. The van der Waals surface area contributed by atoms with Gasteiger partial charge in [0.1, 0.15) is 0 Å². The summed E-state index contributed by atoms with van der Waals surface area (Å²) in [5, 5.41) is 5.01. The summed E-state index contributed by atoms with van der Waals surface area (Å²) in [7, 11) is 0. The first kappa shape index (κ1) is 26.8. The van der Waals surface area contributed by atoms with Gasteiger partial charge < -0.3 is 4.57 Å². The van der Waals surface area contributed by atoms with Crippen LogP contribution in [0.5, 0.6) is 0 Å². The Balaban J connectivity index is 1.16. The first-order valence-electron chi connectivity index (χ1n) is 21.5. The first-order chi connectivity index (χ1) is 30.7. The second-order valence-corrected chi connectivity index (χ2v) is 16.0. The quantitative estimate of drug-likeness (QED) is 0.175. The summed E-state index contributed by atoms with van der Waals surface area (Å²) in [5.74, 6) is 1.50. The van der Waals surface area contributed by atoms with Crippen LogP contribution in [0.4, 0.5) is 0 Å². The third-order valence-corrected chi connectivity index (χ3v) is 13.0. The van der Waals surface area contributed by atoms with Crippen LogP contribution in [0.15, 0.2) is 182 Å². The third-order valence-electron chi connectivity index (χ3n) is 10.6. The average Bonchev–Trinajstić information content (AvgIpc) is 4.00. The fourth-order valence-corrected chi connectivity index (χ4v) is 10.4. The van der Waals surface area contributed by atoms with Gasteiger partial charge >= 0.3 is 0 Å². The van der Waals surface area contributed by atoms with Gasteiger partial charge in [-0.05, 0) is 48.5 Å². The predicted octanol–water partition coefficient (Wildman–Crippen LogP) is 14.4. The van der Waals surface area contributed by atoms with Crippen molar-refractivity contribution in [1.29, 1.82) is 0 Å². The molecule has 0 saturated carbocycles. The maximum absolute atomic E-state index is 9.25. The molecule has 4 nitrogen and oxygen atoms in total. The van der Waals surface area contributed by atoms with Gasteiger partial charge in [0.15, 0.2) is 17.5 Å². The second kappa shape index (κ2) is 12.8. The molecule has 4 aromatic heterocycles. The van der Waals surface area contributed by atoms with Crippen molar-refractivity contribution in [2.75, 3.05) is 0 Å². The number of benzene rings is 8. The number of nitrogens with zero attached hydrogens (tertiary/aromatic N) is 4. The molecule has 266 valence electrons. The molecular formula is C51H30N4S2. The highest BCUT2D eigenvalue weighted by molar-refractivity contribution is 7.26. The number of para-hydroxylation sites is 2. The van der Waals surface area contributed by atoms with E-state index < -0.39 is 0 Å². The Hall–Kier alpha value is -6.99. The number of rotatable bonds is 5. The van der Waals surface area contributed by atoms with E-state index in [-0.39, 0.29) is 47.0 Å². The summed E-state index contributed by atoms with van der Waals surface area (Å²) in [6, 6.07) is 47.0. The van der Waals surface area contributed by atoms with Gasteiger partial charge in [0.05, 0.1) is 24.9 Å². The minimum Gasteiger partial charge on any atom is -0.309 e. The topological polar surface area (TPSA) is 43.6 Å². The van der Waals surface area contributed by atoms with Crippen LogP contribution in [0.2, 0.25) is 0 Å². The molecule has 0 N–H and O–H groups in total. The Kier molecular flexibility index (Phi) is 6.00. The lowest BCUT2D eigenvalue weighted by molar-refractivity contribution is 1.07. The number of aromatic nitrogens is 4. The van der Waals surface area contributed by atoms with Crippen LogP contribution in [0.3, 0.4) is 0 Å². The summed E-state index contributed by atoms with van der Waals surface area (Å²) in [5.41, 5.74) is 5.25. The lowest BCUT2D eigenvalue weighted by Gasteiger charge is -2.17. The van der Waals surface area contributed by atoms with E-state index in [9.17, 15) is 2.74 Å². The lowest BCUT2D eigenvalue weighted by atomic mass is 9.98. The fourth-order valence-electron chi connectivity index (χ4n) is 8.02. The fraction of sp³-hybridized carbons (Fsp3) is 0. The first-order valence-corrected chi connectivity index (χ1v) is 20.2. The van der Waals surface area contributed by atoms with E-state index in [2.05, 4.69) is 66.7 Å². The smallest absolute Gasteiger partial charge is 0.164 e. The number of hydrogen-bond donors (Lipinski definition) is 0. The van der Waals surface area contributed by atoms with Crippen LogP contribution in [-0.2, 0) is 0 Å². The molecule has 0 aliphatic carbocycles. The standard InChI is InChI=1S/C51H30N4S2/c1-2-13-31(14-3-1)49-52-50(54-51(53-49)33-25-27-38-36-17-6-10-23-45(36)56-47(38)30-33)32-26-28-44(55-42-21-8-4-15-34(42)35-16-5-9-22-43(35)55)41(29-32)40-20-12-19-39-37-18-7-11-24-46(37)57-48(39)40/h1-30H/i4D,5D,15D,16D,21D,22D. The van der Waals surface area contributed by atoms with Crippen LogP contribution in [0, 0.1) is 0 Å². The highest BCUT2D eigenvalue weighted by Gasteiger charge is 2.21. The molecule has 0 spiro atoms. The number of hydrogen-bond acceptors (Lipinski definition) is 5. The van der Waals surface area contributed by atoms with Crippen molar-refractivity contribution < 1.29 is 8.22 Å². The molecular weight excluding hydrogens is 733 g/mol. The van der Waals surface area contributed by atoms with E-state index in [1.54, 1.807) is 27.2 Å². The van der Waals surface area contributed by atoms with Gasteiger partial charge in [-0.25, -0.2) is 15.0 Å². The molecule has 8 aromatic carbocycles. The summed E-state index contributed by atoms with van der Waals surface area (Å²) >= 11 is 3.42. The van der Waals surface area contributed by atoms with Gasteiger partial charge in [0.25, 0.3) is 0 Å². The normalized spacial score (nSPS) is 13.3. The molecule has 57 heavy (non-hydrogen) atoms.